The summed E-state index contributed by atoms with van der Waals surface area (Å²) >= 11 is 3.77. The monoisotopic (exact) mass is 294 g/mol. The summed E-state index contributed by atoms with van der Waals surface area (Å²) in [5.74, 6) is 1.53. The highest BCUT2D eigenvalue weighted by molar-refractivity contribution is 9.09. The molecule has 1 aliphatic rings. The normalized spacial score (nSPS) is 25.2. The molecule has 2 rings (SSSR count). The SMILES string of the molecule is CC(C)c1ccc(CC2CCCC(Br)C2)cc1. The van der Waals surface area contributed by atoms with Crippen molar-refractivity contribution < 1.29 is 0 Å². The van der Waals surface area contributed by atoms with Gasteiger partial charge >= 0.3 is 0 Å². The molecule has 0 N–H and O–H groups in total. The quantitative estimate of drug-likeness (QED) is 0.663. The topological polar surface area (TPSA) is 0 Å². The zero-order chi connectivity index (χ0) is 12.3. The number of hydrogen-bond donors (Lipinski definition) is 0. The maximum Gasteiger partial charge on any atom is 0.0148 e. The fourth-order valence-electron chi connectivity index (χ4n) is 2.78. The maximum atomic E-state index is 3.77. The predicted molar refractivity (Wildman–Crippen MR) is 78.9 cm³/mol. The molecule has 1 aromatic carbocycles. The first-order valence-electron chi connectivity index (χ1n) is 6.88. The molecule has 0 aromatic heterocycles. The second-order valence-electron chi connectivity index (χ2n) is 5.73. The van der Waals surface area contributed by atoms with Gasteiger partial charge in [0.15, 0.2) is 0 Å². The molecule has 17 heavy (non-hydrogen) atoms. The van der Waals surface area contributed by atoms with Gasteiger partial charge in [0, 0.05) is 4.83 Å². The van der Waals surface area contributed by atoms with E-state index in [1.54, 1.807) is 0 Å². The molecule has 2 atom stereocenters. The van der Waals surface area contributed by atoms with Gasteiger partial charge in [0.25, 0.3) is 0 Å². The van der Waals surface area contributed by atoms with E-state index < -0.39 is 0 Å². The Morgan fingerprint density at radius 3 is 2.47 bits per heavy atom. The van der Waals surface area contributed by atoms with Crippen LogP contribution in [0.25, 0.3) is 0 Å². The van der Waals surface area contributed by atoms with Crippen molar-refractivity contribution in [1.82, 2.24) is 0 Å². The van der Waals surface area contributed by atoms with E-state index >= 15 is 0 Å². The van der Waals surface area contributed by atoms with Crippen molar-refractivity contribution in [2.24, 2.45) is 5.92 Å². The first-order valence-corrected chi connectivity index (χ1v) is 7.79. The van der Waals surface area contributed by atoms with Crippen molar-refractivity contribution in [3.63, 3.8) is 0 Å². The van der Waals surface area contributed by atoms with Gasteiger partial charge in [-0.3, -0.25) is 0 Å². The van der Waals surface area contributed by atoms with E-state index in [9.17, 15) is 0 Å². The molecular weight excluding hydrogens is 272 g/mol. The van der Waals surface area contributed by atoms with Gasteiger partial charge in [-0.2, -0.15) is 0 Å². The van der Waals surface area contributed by atoms with E-state index in [0.717, 1.165) is 10.7 Å². The molecule has 94 valence electrons. The molecule has 1 aliphatic carbocycles. The van der Waals surface area contributed by atoms with Crippen LogP contribution in [0.2, 0.25) is 0 Å². The van der Waals surface area contributed by atoms with Gasteiger partial charge < -0.3 is 0 Å². The molecule has 0 saturated heterocycles. The van der Waals surface area contributed by atoms with Crippen LogP contribution in [0.15, 0.2) is 24.3 Å². The molecule has 1 fully saturated rings. The number of hydrogen-bond acceptors (Lipinski definition) is 0. The molecular formula is C16H23Br. The lowest BCUT2D eigenvalue weighted by Crippen LogP contribution is -2.17. The fourth-order valence-corrected chi connectivity index (χ4v) is 3.64. The van der Waals surface area contributed by atoms with Crippen molar-refractivity contribution in [3.05, 3.63) is 35.4 Å². The van der Waals surface area contributed by atoms with Crippen LogP contribution in [0.1, 0.15) is 56.6 Å². The molecule has 1 saturated carbocycles. The van der Waals surface area contributed by atoms with Gasteiger partial charge in [0.05, 0.1) is 0 Å². The number of benzene rings is 1. The summed E-state index contributed by atoms with van der Waals surface area (Å²) in [6, 6.07) is 9.25. The van der Waals surface area contributed by atoms with E-state index in [-0.39, 0.29) is 0 Å². The predicted octanol–water partition coefficient (Wildman–Crippen LogP) is 5.31. The highest BCUT2D eigenvalue weighted by Gasteiger charge is 2.19. The Morgan fingerprint density at radius 1 is 1.18 bits per heavy atom. The molecule has 0 amide bonds. The molecule has 0 bridgehead atoms. The summed E-state index contributed by atoms with van der Waals surface area (Å²) in [6.45, 7) is 4.51. The zero-order valence-electron chi connectivity index (χ0n) is 11.0. The Kier molecular flexibility index (Phi) is 4.67. The third-order valence-corrected chi connectivity index (χ3v) is 4.72. The average Bonchev–Trinajstić information content (AvgIpc) is 2.29. The number of rotatable bonds is 3. The largest absolute Gasteiger partial charge is 0.0891 e. The first kappa shape index (κ1) is 13.1. The van der Waals surface area contributed by atoms with Crippen LogP contribution in [-0.4, -0.2) is 4.83 Å². The van der Waals surface area contributed by atoms with Crippen LogP contribution in [0.5, 0.6) is 0 Å². The van der Waals surface area contributed by atoms with Gasteiger partial charge in [-0.15, -0.1) is 0 Å². The Morgan fingerprint density at radius 2 is 1.88 bits per heavy atom. The summed E-state index contributed by atoms with van der Waals surface area (Å²) in [7, 11) is 0. The lowest BCUT2D eigenvalue weighted by molar-refractivity contribution is 0.368. The van der Waals surface area contributed by atoms with E-state index in [2.05, 4.69) is 54.0 Å². The van der Waals surface area contributed by atoms with Crippen molar-refractivity contribution in [2.45, 2.75) is 56.7 Å². The van der Waals surface area contributed by atoms with Crippen LogP contribution >= 0.6 is 15.9 Å². The van der Waals surface area contributed by atoms with E-state index in [4.69, 9.17) is 0 Å². The third kappa shape index (κ3) is 3.84. The van der Waals surface area contributed by atoms with Gasteiger partial charge in [0.1, 0.15) is 0 Å². The van der Waals surface area contributed by atoms with Crippen LogP contribution in [-0.2, 0) is 6.42 Å². The summed E-state index contributed by atoms with van der Waals surface area (Å²) in [6.07, 6.45) is 6.79. The summed E-state index contributed by atoms with van der Waals surface area (Å²) < 4.78 is 0. The van der Waals surface area contributed by atoms with E-state index in [1.165, 1.54) is 43.2 Å². The second-order valence-corrected chi connectivity index (χ2v) is 7.03. The highest BCUT2D eigenvalue weighted by atomic mass is 79.9. The van der Waals surface area contributed by atoms with Gasteiger partial charge in [-0.25, -0.2) is 0 Å². The number of alkyl halides is 1. The van der Waals surface area contributed by atoms with E-state index in [1.807, 2.05) is 0 Å². The summed E-state index contributed by atoms with van der Waals surface area (Å²) in [5, 5.41) is 0. The van der Waals surface area contributed by atoms with Crippen LogP contribution in [0.3, 0.4) is 0 Å². The van der Waals surface area contributed by atoms with Crippen LogP contribution < -0.4 is 0 Å². The van der Waals surface area contributed by atoms with Crippen LogP contribution in [0, 0.1) is 5.92 Å². The van der Waals surface area contributed by atoms with Crippen molar-refractivity contribution in [3.8, 4) is 0 Å². The molecule has 0 aliphatic heterocycles. The summed E-state index contributed by atoms with van der Waals surface area (Å²) in [5.41, 5.74) is 2.97. The zero-order valence-corrected chi connectivity index (χ0v) is 12.5. The number of halogens is 1. The standard InChI is InChI=1S/C16H23Br/c1-12(2)15-8-6-13(7-9-15)10-14-4-3-5-16(17)11-14/h6-9,12,14,16H,3-5,10-11H2,1-2H3. The Balaban J connectivity index is 1.94. The van der Waals surface area contributed by atoms with Crippen molar-refractivity contribution >= 4 is 15.9 Å². The van der Waals surface area contributed by atoms with Gasteiger partial charge in [-0.1, -0.05) is 66.9 Å². The van der Waals surface area contributed by atoms with Crippen LogP contribution in [0.4, 0.5) is 0 Å². The Labute approximate surface area is 114 Å². The molecule has 0 nitrogen and oxygen atoms in total. The Hall–Kier alpha value is -0.300. The molecule has 0 heterocycles. The molecule has 0 radical (unpaired) electrons. The minimum Gasteiger partial charge on any atom is -0.0891 e. The molecule has 2 unspecified atom stereocenters. The minimum atomic E-state index is 0.644. The molecule has 0 spiro atoms. The van der Waals surface area contributed by atoms with Gasteiger partial charge in [-0.05, 0) is 42.2 Å². The maximum absolute atomic E-state index is 3.77. The average molecular weight is 295 g/mol. The molecule has 1 aromatic rings. The third-order valence-electron chi connectivity index (χ3n) is 3.89. The summed E-state index contributed by atoms with van der Waals surface area (Å²) in [4.78, 5) is 0.760. The van der Waals surface area contributed by atoms with Gasteiger partial charge in [0.2, 0.25) is 0 Å². The highest BCUT2D eigenvalue weighted by Crippen LogP contribution is 2.31. The lowest BCUT2D eigenvalue weighted by Gasteiger charge is -2.25. The minimum absolute atomic E-state index is 0.644. The molecule has 1 heteroatoms. The Bertz CT molecular complexity index is 339. The van der Waals surface area contributed by atoms with Crippen molar-refractivity contribution in [2.75, 3.05) is 0 Å². The first-order chi connectivity index (χ1) is 8.15. The second kappa shape index (κ2) is 6.04. The smallest absolute Gasteiger partial charge is 0.0148 e. The fraction of sp³-hybridized carbons (Fsp3) is 0.625. The van der Waals surface area contributed by atoms with Crippen molar-refractivity contribution in [1.29, 1.82) is 0 Å². The lowest BCUT2D eigenvalue weighted by atomic mass is 9.84. The van der Waals surface area contributed by atoms with E-state index in [0.29, 0.717) is 5.92 Å².